The molecule has 0 N–H and O–H groups in total. The van der Waals surface area contributed by atoms with Gasteiger partial charge in [0, 0.05) is 19.3 Å². The third kappa shape index (κ3) is 43.3. The average molecular weight is 791 g/mol. The van der Waals surface area contributed by atoms with Gasteiger partial charge in [0.15, 0.2) is 6.10 Å². The van der Waals surface area contributed by atoms with Gasteiger partial charge in [0.25, 0.3) is 0 Å². The van der Waals surface area contributed by atoms with Crippen molar-refractivity contribution in [2.75, 3.05) is 13.2 Å². The van der Waals surface area contributed by atoms with E-state index in [1.54, 1.807) is 0 Å². The predicted molar refractivity (Wildman–Crippen MR) is 242 cm³/mol. The normalized spacial score (nSPS) is 13.0. The first-order valence-electron chi connectivity index (χ1n) is 22.8. The van der Waals surface area contributed by atoms with Crippen LogP contribution >= 0.6 is 0 Å². The lowest BCUT2D eigenvalue weighted by Crippen LogP contribution is -2.30. The van der Waals surface area contributed by atoms with Crippen molar-refractivity contribution < 1.29 is 28.6 Å². The highest BCUT2D eigenvalue weighted by atomic mass is 16.6. The molecular formula is C51H82O6. The minimum Gasteiger partial charge on any atom is -0.462 e. The maximum Gasteiger partial charge on any atom is 0.306 e. The van der Waals surface area contributed by atoms with Gasteiger partial charge in [-0.05, 0) is 89.9 Å². The van der Waals surface area contributed by atoms with Gasteiger partial charge in [-0.3, -0.25) is 14.4 Å². The lowest BCUT2D eigenvalue weighted by atomic mass is 10.1. The summed E-state index contributed by atoms with van der Waals surface area (Å²) in [5, 5.41) is 0. The Balaban J connectivity index is 4.49. The molecule has 0 aliphatic heterocycles. The first kappa shape index (κ1) is 53.3. The zero-order valence-electron chi connectivity index (χ0n) is 36.6. The van der Waals surface area contributed by atoms with E-state index in [1.165, 1.54) is 64.2 Å². The van der Waals surface area contributed by atoms with Crippen LogP contribution in [0, 0.1) is 0 Å². The third-order valence-electron chi connectivity index (χ3n) is 9.18. The van der Waals surface area contributed by atoms with Crippen LogP contribution < -0.4 is 0 Å². The van der Waals surface area contributed by atoms with Crippen LogP contribution in [0.4, 0.5) is 0 Å². The Morgan fingerprint density at radius 3 is 1.33 bits per heavy atom. The van der Waals surface area contributed by atoms with Gasteiger partial charge in [0.1, 0.15) is 13.2 Å². The fourth-order valence-corrected chi connectivity index (χ4v) is 5.79. The second-order valence-corrected chi connectivity index (χ2v) is 14.7. The number of esters is 3. The minimum absolute atomic E-state index is 0.112. The maximum atomic E-state index is 12.7. The number of ether oxygens (including phenoxy) is 3. The van der Waals surface area contributed by atoms with Crippen LogP contribution in [0.2, 0.25) is 0 Å². The Morgan fingerprint density at radius 1 is 0.386 bits per heavy atom. The van der Waals surface area contributed by atoms with E-state index in [2.05, 4.69) is 69.4 Å². The van der Waals surface area contributed by atoms with E-state index in [0.29, 0.717) is 19.3 Å². The summed E-state index contributed by atoms with van der Waals surface area (Å²) in [6.45, 7) is 6.26. The molecule has 0 rings (SSSR count). The van der Waals surface area contributed by atoms with Crippen molar-refractivity contribution >= 4 is 17.9 Å². The van der Waals surface area contributed by atoms with Gasteiger partial charge < -0.3 is 14.2 Å². The number of allylic oxidation sites excluding steroid dienone is 16. The van der Waals surface area contributed by atoms with Crippen molar-refractivity contribution in [2.45, 2.75) is 194 Å². The molecular weight excluding hydrogens is 709 g/mol. The molecule has 0 saturated heterocycles. The molecule has 0 spiro atoms. The molecule has 0 aliphatic rings. The van der Waals surface area contributed by atoms with Crippen molar-refractivity contribution in [1.29, 1.82) is 0 Å². The van der Waals surface area contributed by atoms with Crippen molar-refractivity contribution in [3.8, 4) is 0 Å². The van der Waals surface area contributed by atoms with Gasteiger partial charge in [-0.2, -0.15) is 0 Å². The van der Waals surface area contributed by atoms with E-state index >= 15 is 0 Å². The van der Waals surface area contributed by atoms with E-state index in [9.17, 15) is 14.4 Å². The molecule has 6 nitrogen and oxygen atoms in total. The van der Waals surface area contributed by atoms with Crippen LogP contribution in [-0.2, 0) is 28.6 Å². The highest BCUT2D eigenvalue weighted by Gasteiger charge is 2.19. The van der Waals surface area contributed by atoms with Crippen LogP contribution in [0.5, 0.6) is 0 Å². The van der Waals surface area contributed by atoms with E-state index in [-0.39, 0.29) is 31.1 Å². The summed E-state index contributed by atoms with van der Waals surface area (Å²) in [7, 11) is 0. The zero-order chi connectivity index (χ0) is 41.5. The Hall–Kier alpha value is -3.67. The van der Waals surface area contributed by atoms with Crippen molar-refractivity contribution in [3.05, 3.63) is 97.2 Å². The second-order valence-electron chi connectivity index (χ2n) is 14.7. The Morgan fingerprint density at radius 2 is 0.772 bits per heavy atom. The zero-order valence-corrected chi connectivity index (χ0v) is 36.6. The summed E-state index contributed by atoms with van der Waals surface area (Å²) < 4.78 is 16.6. The number of rotatable bonds is 39. The van der Waals surface area contributed by atoms with Crippen molar-refractivity contribution in [1.82, 2.24) is 0 Å². The lowest BCUT2D eigenvalue weighted by molar-refractivity contribution is -0.167. The van der Waals surface area contributed by atoms with Gasteiger partial charge in [-0.1, -0.05) is 176 Å². The number of carbonyl (C=O) groups is 3. The molecule has 0 aliphatic carbocycles. The molecule has 57 heavy (non-hydrogen) atoms. The van der Waals surface area contributed by atoms with Crippen molar-refractivity contribution in [2.24, 2.45) is 0 Å². The van der Waals surface area contributed by atoms with Gasteiger partial charge in [-0.25, -0.2) is 0 Å². The van der Waals surface area contributed by atoms with Crippen LogP contribution in [0.3, 0.4) is 0 Å². The molecule has 0 amide bonds. The predicted octanol–water partition coefficient (Wildman–Crippen LogP) is 14.6. The standard InChI is InChI=1S/C51H82O6/c1-4-7-10-13-16-19-21-23-25-27-29-32-35-38-41-44-50(53)56-47-48(46-55-49(52)43-40-37-34-31-18-15-12-9-6-3)57-51(54)45-42-39-36-33-30-28-26-24-22-20-17-14-11-8-5-2/h7,9-10,12-13,16,18-23,25,27,29,31,48H,4-6,8,11,14-15,17,24,26,28,30,32-47H2,1-3H3/b10-7-,12-9-,16-13-,21-19-,22-20-,25-23-,29-27-,31-18-. The Bertz CT molecular complexity index is 1180. The summed E-state index contributed by atoms with van der Waals surface area (Å²) >= 11 is 0. The van der Waals surface area contributed by atoms with Gasteiger partial charge in [-0.15, -0.1) is 0 Å². The SMILES string of the molecule is CC\C=C/C=C\C=C/C=C\C=C/CCCCCC(=O)OCC(COC(=O)CCCC/C=C\C/C=C\CC)OC(=O)CCCCCCCCC/C=C\CCCCCC. The van der Waals surface area contributed by atoms with Crippen LogP contribution in [0.1, 0.15) is 188 Å². The van der Waals surface area contributed by atoms with Gasteiger partial charge >= 0.3 is 17.9 Å². The smallest absolute Gasteiger partial charge is 0.306 e. The summed E-state index contributed by atoms with van der Waals surface area (Å²) in [4.78, 5) is 37.7. The molecule has 6 heteroatoms. The Labute approximate surface area is 349 Å². The van der Waals surface area contributed by atoms with Crippen LogP contribution in [0.15, 0.2) is 97.2 Å². The van der Waals surface area contributed by atoms with E-state index < -0.39 is 6.10 Å². The third-order valence-corrected chi connectivity index (χ3v) is 9.18. The molecule has 0 bridgehead atoms. The number of hydrogen-bond donors (Lipinski definition) is 0. The highest BCUT2D eigenvalue weighted by Crippen LogP contribution is 2.13. The first-order chi connectivity index (χ1) is 28.0. The molecule has 0 heterocycles. The summed E-state index contributed by atoms with van der Waals surface area (Å²) in [5.74, 6) is -1.00. The Kier molecular flexibility index (Phi) is 42.1. The van der Waals surface area contributed by atoms with Gasteiger partial charge in [0.2, 0.25) is 0 Å². The number of hydrogen-bond acceptors (Lipinski definition) is 6. The molecule has 0 aromatic rings. The van der Waals surface area contributed by atoms with Crippen molar-refractivity contribution in [3.63, 3.8) is 0 Å². The molecule has 322 valence electrons. The lowest BCUT2D eigenvalue weighted by Gasteiger charge is -2.18. The van der Waals surface area contributed by atoms with E-state index in [1.807, 2.05) is 48.6 Å². The summed E-state index contributed by atoms with van der Waals surface area (Å²) in [6.07, 6.45) is 58.3. The molecule has 0 aromatic carbocycles. The molecule has 0 saturated carbocycles. The molecule has 0 aromatic heterocycles. The molecule has 0 radical (unpaired) electrons. The van der Waals surface area contributed by atoms with E-state index in [0.717, 1.165) is 83.5 Å². The minimum atomic E-state index is -0.808. The maximum absolute atomic E-state index is 12.7. The first-order valence-corrected chi connectivity index (χ1v) is 22.8. The topological polar surface area (TPSA) is 78.9 Å². The quantitative estimate of drug-likeness (QED) is 0.0203. The van der Waals surface area contributed by atoms with Crippen LogP contribution in [0.25, 0.3) is 0 Å². The fraction of sp³-hybridized carbons (Fsp3) is 0.627. The highest BCUT2D eigenvalue weighted by molar-refractivity contribution is 5.71. The van der Waals surface area contributed by atoms with Crippen LogP contribution in [-0.4, -0.2) is 37.2 Å². The number of carbonyl (C=O) groups excluding carboxylic acids is 3. The summed E-state index contributed by atoms with van der Waals surface area (Å²) in [6, 6.07) is 0. The van der Waals surface area contributed by atoms with E-state index in [4.69, 9.17) is 14.2 Å². The molecule has 1 atom stereocenters. The molecule has 0 fully saturated rings. The molecule has 1 unspecified atom stereocenters. The number of unbranched alkanes of at least 4 members (excludes halogenated alkanes) is 16. The largest absolute Gasteiger partial charge is 0.462 e. The average Bonchev–Trinajstić information content (AvgIpc) is 3.21. The summed E-state index contributed by atoms with van der Waals surface area (Å²) in [5.41, 5.74) is 0. The fourth-order valence-electron chi connectivity index (χ4n) is 5.79. The second kappa shape index (κ2) is 45.0. The van der Waals surface area contributed by atoms with Gasteiger partial charge in [0.05, 0.1) is 0 Å². The monoisotopic (exact) mass is 791 g/mol.